The highest BCUT2D eigenvalue weighted by Gasteiger charge is 2.08. The van der Waals surface area contributed by atoms with E-state index in [2.05, 4.69) is 37.1 Å². The minimum atomic E-state index is 0.786. The van der Waals surface area contributed by atoms with E-state index in [0.29, 0.717) is 0 Å². The zero-order valence-corrected chi connectivity index (χ0v) is 12.7. The molecule has 2 aromatic heterocycles. The zero-order valence-electron chi connectivity index (χ0n) is 9.50. The van der Waals surface area contributed by atoms with Crippen molar-refractivity contribution in [2.24, 2.45) is 7.05 Å². The normalized spacial score (nSPS) is 11.2. The molecule has 0 saturated carbocycles. The third kappa shape index (κ3) is 2.30. The Balaban J connectivity index is 1.83. The fourth-order valence-corrected chi connectivity index (χ4v) is 4.20. The Bertz CT molecular complexity index is 691. The number of fused-ring (bicyclic) bond motifs is 1. The van der Waals surface area contributed by atoms with E-state index in [1.165, 1.54) is 4.70 Å². The zero-order chi connectivity index (χ0) is 12.5. The number of nitrogens with zero attached hydrogens (tertiary/aromatic N) is 4. The van der Waals surface area contributed by atoms with Gasteiger partial charge in [-0.3, -0.25) is 4.68 Å². The van der Waals surface area contributed by atoms with Gasteiger partial charge >= 0.3 is 0 Å². The number of aryl methyl sites for hydroxylation is 1. The van der Waals surface area contributed by atoms with Crippen molar-refractivity contribution in [3.63, 3.8) is 0 Å². The minimum absolute atomic E-state index is 0.786. The quantitative estimate of drug-likeness (QED) is 0.684. The van der Waals surface area contributed by atoms with E-state index >= 15 is 0 Å². The van der Waals surface area contributed by atoms with Crippen LogP contribution >= 0.6 is 39.0 Å². The number of rotatable bonds is 3. The molecule has 2 heterocycles. The van der Waals surface area contributed by atoms with Crippen LogP contribution in [0.3, 0.4) is 0 Å². The molecule has 0 unspecified atom stereocenters. The molecule has 0 atom stereocenters. The molecule has 3 rings (SSSR count). The average Bonchev–Trinajstić information content (AvgIpc) is 2.93. The van der Waals surface area contributed by atoms with Crippen molar-refractivity contribution in [3.05, 3.63) is 34.8 Å². The highest BCUT2D eigenvalue weighted by Crippen LogP contribution is 2.34. The van der Waals surface area contributed by atoms with E-state index in [9.17, 15) is 0 Å². The topological polar surface area (TPSA) is 43.6 Å². The molecule has 1 aromatic carbocycles. The lowest BCUT2D eigenvalue weighted by Gasteiger charge is -1.96. The van der Waals surface area contributed by atoms with E-state index in [0.717, 1.165) is 25.9 Å². The second-order valence-corrected chi connectivity index (χ2v) is 6.76. The van der Waals surface area contributed by atoms with Gasteiger partial charge in [-0.05, 0) is 28.1 Å². The Morgan fingerprint density at radius 2 is 2.33 bits per heavy atom. The molecule has 18 heavy (non-hydrogen) atoms. The van der Waals surface area contributed by atoms with Gasteiger partial charge in [-0.1, -0.05) is 17.8 Å². The highest BCUT2D eigenvalue weighted by atomic mass is 79.9. The molecule has 0 radical (unpaired) electrons. The van der Waals surface area contributed by atoms with E-state index < -0.39 is 0 Å². The third-order valence-electron chi connectivity index (χ3n) is 2.48. The summed E-state index contributed by atoms with van der Waals surface area (Å²) in [7, 11) is 1.90. The summed E-state index contributed by atoms with van der Waals surface area (Å²) in [5.74, 6) is 1.74. The second-order valence-electron chi connectivity index (χ2n) is 3.65. The van der Waals surface area contributed by atoms with Crippen molar-refractivity contribution in [2.75, 3.05) is 0 Å². The smallest absolute Gasteiger partial charge is 0.151 e. The Morgan fingerprint density at radius 3 is 3.06 bits per heavy atom. The molecule has 92 valence electrons. The van der Waals surface area contributed by atoms with Crippen molar-refractivity contribution >= 4 is 49.2 Å². The second kappa shape index (κ2) is 4.99. The van der Waals surface area contributed by atoms with Crippen LogP contribution in [0.2, 0.25) is 0 Å². The fraction of sp³-hybridized carbons (Fsp3) is 0.182. The molecule has 0 aliphatic rings. The summed E-state index contributed by atoms with van der Waals surface area (Å²) in [6.07, 6.45) is 1.57. The molecule has 0 amide bonds. The summed E-state index contributed by atoms with van der Waals surface area (Å²) < 4.78 is 5.09. The van der Waals surface area contributed by atoms with E-state index in [1.807, 2.05) is 19.2 Å². The molecule has 0 bridgehead atoms. The number of para-hydroxylation sites is 1. The molecular formula is C11H9BrN4S2. The largest absolute Gasteiger partial charge is 0.252 e. The number of thiazole rings is 1. The van der Waals surface area contributed by atoms with Gasteiger partial charge in [0.05, 0.1) is 16.0 Å². The van der Waals surface area contributed by atoms with E-state index in [-0.39, 0.29) is 0 Å². The number of aromatic nitrogens is 4. The summed E-state index contributed by atoms with van der Waals surface area (Å²) in [5, 5.41) is 4.05. The van der Waals surface area contributed by atoms with Crippen LogP contribution in [-0.4, -0.2) is 19.7 Å². The van der Waals surface area contributed by atoms with Gasteiger partial charge in [0.25, 0.3) is 0 Å². The fourth-order valence-electron chi connectivity index (χ4n) is 1.53. The number of benzene rings is 1. The maximum atomic E-state index is 4.62. The first kappa shape index (κ1) is 12.1. The maximum absolute atomic E-state index is 4.62. The van der Waals surface area contributed by atoms with Crippen LogP contribution in [0.4, 0.5) is 0 Å². The van der Waals surface area contributed by atoms with Gasteiger partial charge in [0.1, 0.15) is 12.2 Å². The van der Waals surface area contributed by atoms with Gasteiger partial charge in [0.15, 0.2) is 4.34 Å². The minimum Gasteiger partial charge on any atom is -0.252 e. The van der Waals surface area contributed by atoms with Gasteiger partial charge in [-0.15, -0.1) is 11.3 Å². The predicted octanol–water partition coefficient (Wildman–Crippen LogP) is 3.48. The van der Waals surface area contributed by atoms with Crippen LogP contribution in [0, 0.1) is 0 Å². The molecule has 0 spiro atoms. The monoisotopic (exact) mass is 340 g/mol. The summed E-state index contributed by atoms with van der Waals surface area (Å²) in [6.45, 7) is 0. The molecule has 0 N–H and O–H groups in total. The van der Waals surface area contributed by atoms with Crippen LogP contribution in [0.1, 0.15) is 5.82 Å². The maximum Gasteiger partial charge on any atom is 0.151 e. The van der Waals surface area contributed by atoms with Gasteiger partial charge in [-0.25, -0.2) is 9.97 Å². The number of halogens is 1. The average molecular weight is 341 g/mol. The number of thioether (sulfide) groups is 1. The van der Waals surface area contributed by atoms with Gasteiger partial charge in [0, 0.05) is 11.5 Å². The number of hydrogen-bond acceptors (Lipinski definition) is 5. The van der Waals surface area contributed by atoms with Crippen LogP contribution in [-0.2, 0) is 12.8 Å². The Kier molecular flexibility index (Phi) is 3.36. The third-order valence-corrected chi connectivity index (χ3v) is 5.28. The van der Waals surface area contributed by atoms with Crippen LogP contribution in [0.5, 0.6) is 0 Å². The van der Waals surface area contributed by atoms with Crippen LogP contribution in [0.25, 0.3) is 10.2 Å². The van der Waals surface area contributed by atoms with Crippen LogP contribution < -0.4 is 0 Å². The first-order valence-electron chi connectivity index (χ1n) is 5.25. The SMILES string of the molecule is Cn1ncnc1CSc1nc2c(Br)cccc2s1. The van der Waals surface area contributed by atoms with Crippen molar-refractivity contribution in [1.29, 1.82) is 0 Å². The first-order valence-corrected chi connectivity index (χ1v) is 7.84. The summed E-state index contributed by atoms with van der Waals surface area (Å²) >= 11 is 6.91. The Hall–Kier alpha value is -0.920. The molecule has 4 nitrogen and oxygen atoms in total. The number of hydrogen-bond donors (Lipinski definition) is 0. The molecule has 7 heteroatoms. The van der Waals surface area contributed by atoms with Crippen molar-refractivity contribution in [1.82, 2.24) is 19.7 Å². The Labute approximate surface area is 121 Å². The standard InChI is InChI=1S/C11H9BrN4S2/c1-16-9(13-6-14-16)5-17-11-15-10-7(12)3-2-4-8(10)18-11/h2-4,6H,5H2,1H3. The molecule has 3 aromatic rings. The summed E-state index contributed by atoms with van der Waals surface area (Å²) in [5.41, 5.74) is 1.03. The molecule has 0 aliphatic carbocycles. The molecule has 0 fully saturated rings. The van der Waals surface area contributed by atoms with E-state index in [4.69, 9.17) is 0 Å². The van der Waals surface area contributed by atoms with E-state index in [1.54, 1.807) is 34.1 Å². The lowest BCUT2D eigenvalue weighted by Crippen LogP contribution is -1.97. The predicted molar refractivity (Wildman–Crippen MR) is 77.9 cm³/mol. The molecule has 0 saturated heterocycles. The van der Waals surface area contributed by atoms with Crippen molar-refractivity contribution in [3.8, 4) is 0 Å². The van der Waals surface area contributed by atoms with Gasteiger partial charge in [-0.2, -0.15) is 5.10 Å². The highest BCUT2D eigenvalue weighted by molar-refractivity contribution is 9.10. The van der Waals surface area contributed by atoms with Gasteiger partial charge < -0.3 is 0 Å². The first-order chi connectivity index (χ1) is 8.74. The van der Waals surface area contributed by atoms with Crippen molar-refractivity contribution < 1.29 is 0 Å². The molecule has 0 aliphatic heterocycles. The lowest BCUT2D eigenvalue weighted by molar-refractivity contribution is 0.730. The van der Waals surface area contributed by atoms with Crippen LogP contribution in [0.15, 0.2) is 33.3 Å². The summed E-state index contributed by atoms with van der Waals surface area (Å²) in [4.78, 5) is 8.82. The van der Waals surface area contributed by atoms with Crippen molar-refractivity contribution in [2.45, 2.75) is 10.1 Å². The van der Waals surface area contributed by atoms with Gasteiger partial charge in [0.2, 0.25) is 0 Å². The lowest BCUT2D eigenvalue weighted by atomic mass is 10.3. The molecular weight excluding hydrogens is 332 g/mol. The summed E-state index contributed by atoms with van der Waals surface area (Å²) in [6, 6.07) is 6.13. The Morgan fingerprint density at radius 1 is 1.44 bits per heavy atom.